The number of rotatable bonds is 3. The molecule has 0 saturated carbocycles. The van der Waals surface area contributed by atoms with Crippen LogP contribution in [0.1, 0.15) is 34.6 Å². The quantitative estimate of drug-likeness (QED) is 0.584. The summed E-state index contributed by atoms with van der Waals surface area (Å²) in [4.78, 5) is 23.6. The minimum atomic E-state index is -0.460. The summed E-state index contributed by atoms with van der Waals surface area (Å²) in [6.45, 7) is 17.5. The number of carbonyl (C=O) groups is 1. The number of hydrogen-bond acceptors (Lipinski definition) is 7. The topological polar surface area (TPSA) is 69.6 Å². The molecule has 0 aromatic rings. The van der Waals surface area contributed by atoms with Crippen molar-refractivity contribution in [2.24, 2.45) is 4.99 Å². The molecule has 1 N–H and O–H groups in total. The molecule has 3 aliphatic rings. The molecule has 2 fully saturated rings. The Morgan fingerprint density at radius 2 is 1.86 bits per heavy atom. The van der Waals surface area contributed by atoms with Crippen LogP contribution in [0.15, 0.2) is 4.99 Å². The van der Waals surface area contributed by atoms with Crippen LogP contribution < -0.4 is 5.32 Å². The van der Waals surface area contributed by atoms with Gasteiger partial charge in [0.05, 0.1) is 25.8 Å². The van der Waals surface area contributed by atoms with Gasteiger partial charge >= 0.3 is 6.09 Å². The standard InChI is InChI=1S/C19H35N5O3.HI/c1-18(2,3)27-17(25)22-6-7-24-15(13-22)12-20-16(24)21-14-19(4,5)23-8-10-26-11-9-23;/h15H,6-14H2,1-5H3,(H,20,21);1H. The first-order valence-electron chi connectivity index (χ1n) is 10.0. The summed E-state index contributed by atoms with van der Waals surface area (Å²) in [5.41, 5.74) is -0.416. The van der Waals surface area contributed by atoms with Gasteiger partial charge in [0.15, 0.2) is 5.96 Å². The molecule has 0 aromatic heterocycles. The smallest absolute Gasteiger partial charge is 0.410 e. The predicted octanol–water partition coefficient (Wildman–Crippen LogP) is 1.60. The third kappa shape index (κ3) is 5.85. The highest BCUT2D eigenvalue weighted by Crippen LogP contribution is 2.20. The van der Waals surface area contributed by atoms with E-state index in [-0.39, 0.29) is 41.7 Å². The van der Waals surface area contributed by atoms with Crippen LogP contribution in [0.5, 0.6) is 0 Å². The Kier molecular flexibility index (Phi) is 7.83. The van der Waals surface area contributed by atoms with E-state index in [2.05, 4.69) is 29.0 Å². The zero-order chi connectivity index (χ0) is 19.7. The van der Waals surface area contributed by atoms with Crippen LogP contribution in [-0.2, 0) is 9.47 Å². The zero-order valence-electron chi connectivity index (χ0n) is 17.9. The molecule has 2 saturated heterocycles. The summed E-state index contributed by atoms with van der Waals surface area (Å²) < 4.78 is 11.0. The van der Waals surface area contributed by atoms with E-state index in [0.717, 1.165) is 51.9 Å². The molecule has 9 heteroatoms. The second kappa shape index (κ2) is 9.34. The molecule has 3 rings (SSSR count). The Balaban J connectivity index is 0.00000280. The minimum absolute atomic E-state index is 0. The summed E-state index contributed by atoms with van der Waals surface area (Å²) >= 11 is 0. The molecule has 0 aliphatic carbocycles. The van der Waals surface area contributed by atoms with E-state index >= 15 is 0 Å². The number of nitrogens with one attached hydrogen (secondary N) is 1. The van der Waals surface area contributed by atoms with Crippen LogP contribution in [0, 0.1) is 0 Å². The summed E-state index contributed by atoms with van der Waals surface area (Å²) in [6.07, 6.45) is -0.225. The number of morpholine rings is 1. The van der Waals surface area contributed by atoms with E-state index in [1.807, 2.05) is 25.7 Å². The lowest BCUT2D eigenvalue weighted by molar-refractivity contribution is -0.00865. The third-order valence-electron chi connectivity index (χ3n) is 5.40. The molecule has 1 amide bonds. The Labute approximate surface area is 186 Å². The Hall–Kier alpha value is -0.810. The van der Waals surface area contributed by atoms with Crippen molar-refractivity contribution >= 4 is 36.0 Å². The second-order valence-corrected chi connectivity index (χ2v) is 9.20. The van der Waals surface area contributed by atoms with E-state index in [1.165, 1.54) is 0 Å². The Bertz CT molecular complexity index is 572. The molecule has 28 heavy (non-hydrogen) atoms. The number of hydrogen-bond donors (Lipinski definition) is 1. The highest BCUT2D eigenvalue weighted by Gasteiger charge is 2.37. The predicted molar refractivity (Wildman–Crippen MR) is 120 cm³/mol. The number of halogens is 1. The average Bonchev–Trinajstić information content (AvgIpc) is 3.02. The average molecular weight is 509 g/mol. The largest absolute Gasteiger partial charge is 0.444 e. The summed E-state index contributed by atoms with van der Waals surface area (Å²) in [7, 11) is 0. The normalized spacial score (nSPS) is 23.6. The fourth-order valence-electron chi connectivity index (χ4n) is 3.80. The van der Waals surface area contributed by atoms with Gasteiger partial charge in [0.2, 0.25) is 0 Å². The Morgan fingerprint density at radius 1 is 1.18 bits per heavy atom. The van der Waals surface area contributed by atoms with Crippen molar-refractivity contribution in [2.75, 3.05) is 59.0 Å². The van der Waals surface area contributed by atoms with Gasteiger partial charge in [0.25, 0.3) is 0 Å². The van der Waals surface area contributed by atoms with Crippen LogP contribution in [0.4, 0.5) is 4.79 Å². The maximum Gasteiger partial charge on any atom is 0.410 e. The van der Waals surface area contributed by atoms with Gasteiger partial charge in [-0.05, 0) is 34.6 Å². The molecule has 3 heterocycles. The van der Waals surface area contributed by atoms with E-state index in [4.69, 9.17) is 14.5 Å². The van der Waals surface area contributed by atoms with E-state index in [9.17, 15) is 4.79 Å². The third-order valence-corrected chi connectivity index (χ3v) is 5.40. The van der Waals surface area contributed by atoms with Gasteiger partial charge in [-0.2, -0.15) is 0 Å². The van der Waals surface area contributed by atoms with Crippen LogP contribution in [-0.4, -0.2) is 103 Å². The monoisotopic (exact) mass is 509 g/mol. The van der Waals surface area contributed by atoms with Crippen molar-refractivity contribution in [1.29, 1.82) is 0 Å². The highest BCUT2D eigenvalue weighted by molar-refractivity contribution is 14.0. The zero-order valence-corrected chi connectivity index (χ0v) is 20.2. The van der Waals surface area contributed by atoms with Crippen molar-refractivity contribution in [3.05, 3.63) is 0 Å². The maximum atomic E-state index is 12.3. The molecule has 0 bridgehead atoms. The molecule has 3 aliphatic heterocycles. The fourth-order valence-corrected chi connectivity index (χ4v) is 3.80. The van der Waals surface area contributed by atoms with Crippen molar-refractivity contribution in [3.8, 4) is 0 Å². The molecule has 1 unspecified atom stereocenters. The van der Waals surface area contributed by atoms with E-state index < -0.39 is 5.60 Å². The van der Waals surface area contributed by atoms with Crippen molar-refractivity contribution in [2.45, 2.75) is 51.8 Å². The molecule has 0 radical (unpaired) electrons. The Morgan fingerprint density at radius 3 is 2.50 bits per heavy atom. The first-order chi connectivity index (χ1) is 12.7. The lowest BCUT2D eigenvalue weighted by Crippen LogP contribution is -2.60. The van der Waals surface area contributed by atoms with Gasteiger partial charge in [-0.25, -0.2) is 4.79 Å². The molecular weight excluding hydrogens is 473 g/mol. The first-order valence-corrected chi connectivity index (χ1v) is 10.0. The van der Waals surface area contributed by atoms with Crippen LogP contribution in [0.3, 0.4) is 0 Å². The lowest BCUT2D eigenvalue weighted by Gasteiger charge is -2.42. The molecule has 0 aromatic carbocycles. The SMILES string of the molecule is CC(C)(C)OC(=O)N1CCN2C(NCC(C)(C)N3CCOCC3)=NCC2C1.I. The van der Waals surface area contributed by atoms with Gasteiger partial charge in [-0.1, -0.05) is 0 Å². The number of aliphatic imine (C=N–C) groups is 1. The molecule has 8 nitrogen and oxygen atoms in total. The number of guanidine groups is 1. The second-order valence-electron chi connectivity index (χ2n) is 9.20. The number of amides is 1. The summed E-state index contributed by atoms with van der Waals surface area (Å²) in [6, 6.07) is 0.236. The van der Waals surface area contributed by atoms with E-state index in [0.29, 0.717) is 13.1 Å². The summed E-state index contributed by atoms with van der Waals surface area (Å²) in [5.74, 6) is 0.963. The number of carbonyl (C=O) groups excluding carboxylic acids is 1. The van der Waals surface area contributed by atoms with Gasteiger partial charge in [-0.15, -0.1) is 24.0 Å². The minimum Gasteiger partial charge on any atom is -0.444 e. The fraction of sp³-hybridized carbons (Fsp3) is 0.895. The number of piperazine rings is 1. The van der Waals surface area contributed by atoms with Gasteiger partial charge in [0, 0.05) is 44.8 Å². The van der Waals surface area contributed by atoms with Crippen LogP contribution in [0.2, 0.25) is 0 Å². The summed E-state index contributed by atoms with van der Waals surface area (Å²) in [5, 5.41) is 3.56. The van der Waals surface area contributed by atoms with Gasteiger partial charge in [-0.3, -0.25) is 9.89 Å². The van der Waals surface area contributed by atoms with Crippen molar-refractivity contribution < 1.29 is 14.3 Å². The van der Waals surface area contributed by atoms with Gasteiger partial charge < -0.3 is 24.6 Å². The van der Waals surface area contributed by atoms with Crippen molar-refractivity contribution in [1.82, 2.24) is 20.0 Å². The van der Waals surface area contributed by atoms with Crippen LogP contribution in [0.25, 0.3) is 0 Å². The molecular formula is C19H36IN5O3. The van der Waals surface area contributed by atoms with Gasteiger partial charge in [0.1, 0.15) is 5.60 Å². The number of nitrogens with zero attached hydrogens (tertiary/aromatic N) is 4. The van der Waals surface area contributed by atoms with E-state index in [1.54, 1.807) is 0 Å². The lowest BCUT2D eigenvalue weighted by atomic mass is 10.0. The molecule has 162 valence electrons. The number of ether oxygens (including phenoxy) is 2. The van der Waals surface area contributed by atoms with Crippen molar-refractivity contribution in [3.63, 3.8) is 0 Å². The molecule has 0 spiro atoms. The number of fused-ring (bicyclic) bond motifs is 1. The molecule has 1 atom stereocenters. The highest BCUT2D eigenvalue weighted by atomic mass is 127. The van der Waals surface area contributed by atoms with Crippen LogP contribution >= 0.6 is 24.0 Å². The first kappa shape index (κ1) is 23.5. The maximum absolute atomic E-state index is 12.3.